The van der Waals surface area contributed by atoms with E-state index in [1.807, 2.05) is 17.6 Å². The Morgan fingerprint density at radius 3 is 2.48 bits per heavy atom. The molecule has 0 N–H and O–H groups in total. The molecule has 3 aromatic rings. The topological polar surface area (TPSA) is 58.0 Å². The van der Waals surface area contributed by atoms with E-state index in [0.717, 1.165) is 43.4 Å². The fourth-order valence-electron chi connectivity index (χ4n) is 4.19. The van der Waals surface area contributed by atoms with Crippen LogP contribution in [0.25, 0.3) is 16.9 Å². The first-order valence-corrected chi connectivity index (χ1v) is 10.7. The van der Waals surface area contributed by atoms with Crippen LogP contribution >= 0.6 is 23.2 Å². The SMILES string of the molecule is Cc1ccc(Cl)cc1-n1c(C2CCCCC2)nc(C(=O)[O-])c1-c1ccc(F)c(Cl)c1.[Li+]. The van der Waals surface area contributed by atoms with Crippen LogP contribution in [0.3, 0.4) is 0 Å². The van der Waals surface area contributed by atoms with Crippen LogP contribution in [-0.4, -0.2) is 15.5 Å². The maximum Gasteiger partial charge on any atom is 1.00 e. The summed E-state index contributed by atoms with van der Waals surface area (Å²) in [6.07, 6.45) is 5.12. The molecule has 0 radical (unpaired) electrons. The van der Waals surface area contributed by atoms with Gasteiger partial charge in [0.25, 0.3) is 0 Å². The van der Waals surface area contributed by atoms with Gasteiger partial charge in [0.2, 0.25) is 0 Å². The number of aryl methyl sites for hydroxylation is 1. The number of carbonyl (C=O) groups is 1. The maximum atomic E-state index is 13.8. The van der Waals surface area contributed by atoms with Crippen molar-refractivity contribution in [2.75, 3.05) is 0 Å². The molecule has 4 rings (SSSR count). The van der Waals surface area contributed by atoms with Crippen molar-refractivity contribution in [1.29, 1.82) is 0 Å². The number of imidazole rings is 1. The van der Waals surface area contributed by atoms with Crippen LogP contribution in [0.2, 0.25) is 10.0 Å². The average Bonchev–Trinajstić information content (AvgIpc) is 3.13. The van der Waals surface area contributed by atoms with Crippen molar-refractivity contribution < 1.29 is 33.2 Å². The van der Waals surface area contributed by atoms with E-state index in [4.69, 9.17) is 23.2 Å². The zero-order valence-electron chi connectivity index (χ0n) is 17.4. The number of carboxylic acids is 1. The van der Waals surface area contributed by atoms with Crippen molar-refractivity contribution in [3.8, 4) is 16.9 Å². The standard InChI is InChI=1S/C23H21Cl2FN2O2.Li/c1-13-7-9-16(24)12-19(13)28-21(15-8-10-18(26)17(25)11-15)20(23(29)30)27-22(28)14-5-3-2-4-6-14;/h7-12,14H,2-6H2,1H3,(H,29,30);/q;+1/p-1. The molecule has 4 nitrogen and oxygen atoms in total. The normalized spacial score (nSPS) is 14.3. The molecule has 1 aliphatic carbocycles. The molecule has 0 atom stereocenters. The van der Waals surface area contributed by atoms with Gasteiger partial charge in [0.15, 0.2) is 0 Å². The van der Waals surface area contributed by atoms with Crippen LogP contribution in [0.5, 0.6) is 0 Å². The van der Waals surface area contributed by atoms with Crippen molar-refractivity contribution in [1.82, 2.24) is 9.55 Å². The van der Waals surface area contributed by atoms with E-state index in [1.54, 1.807) is 12.1 Å². The van der Waals surface area contributed by atoms with Gasteiger partial charge in [0, 0.05) is 16.5 Å². The average molecular weight is 453 g/mol. The van der Waals surface area contributed by atoms with E-state index >= 15 is 0 Å². The summed E-state index contributed by atoms with van der Waals surface area (Å²) in [5, 5.41) is 12.5. The monoisotopic (exact) mass is 452 g/mol. The number of carbonyl (C=O) groups excluding carboxylic acids is 1. The molecular weight excluding hydrogens is 433 g/mol. The maximum absolute atomic E-state index is 13.8. The van der Waals surface area contributed by atoms with Gasteiger partial charge in [0.1, 0.15) is 17.3 Å². The number of aromatic carboxylic acids is 1. The number of nitrogens with zero attached hydrogens (tertiary/aromatic N) is 2. The van der Waals surface area contributed by atoms with Crippen LogP contribution in [0.1, 0.15) is 59.9 Å². The third kappa shape index (κ3) is 4.71. The summed E-state index contributed by atoms with van der Waals surface area (Å²) < 4.78 is 15.6. The molecule has 156 valence electrons. The molecule has 8 heteroatoms. The molecule has 0 unspecified atom stereocenters. The van der Waals surface area contributed by atoms with E-state index in [0.29, 0.717) is 22.1 Å². The number of carboxylic acid groups (broad SMARTS) is 1. The van der Waals surface area contributed by atoms with Gasteiger partial charge < -0.3 is 9.90 Å². The summed E-state index contributed by atoms with van der Waals surface area (Å²) in [6.45, 7) is 1.93. The molecule has 0 amide bonds. The van der Waals surface area contributed by atoms with Gasteiger partial charge in [-0.2, -0.15) is 0 Å². The fraction of sp³-hybridized carbons (Fsp3) is 0.304. The summed E-state index contributed by atoms with van der Waals surface area (Å²) in [5.41, 5.74) is 2.24. The molecule has 0 spiro atoms. The number of aromatic nitrogens is 2. The minimum atomic E-state index is -1.39. The van der Waals surface area contributed by atoms with Gasteiger partial charge >= 0.3 is 18.9 Å². The van der Waals surface area contributed by atoms with E-state index in [1.165, 1.54) is 18.2 Å². The first-order chi connectivity index (χ1) is 14.4. The molecule has 1 aromatic heterocycles. The Balaban J connectivity index is 0.00000272. The van der Waals surface area contributed by atoms with Gasteiger partial charge in [-0.05, 0) is 55.7 Å². The molecule has 1 heterocycles. The molecule has 1 saturated carbocycles. The summed E-state index contributed by atoms with van der Waals surface area (Å²) >= 11 is 12.3. The molecule has 0 saturated heterocycles. The minimum Gasteiger partial charge on any atom is -0.543 e. The quantitative estimate of drug-likeness (QED) is 0.571. The molecule has 1 aliphatic rings. The van der Waals surface area contributed by atoms with Crippen molar-refractivity contribution in [3.05, 3.63) is 69.3 Å². The summed E-state index contributed by atoms with van der Waals surface area (Å²) in [6, 6.07) is 9.60. The van der Waals surface area contributed by atoms with Crippen molar-refractivity contribution >= 4 is 29.2 Å². The number of hydrogen-bond donors (Lipinski definition) is 0. The molecule has 2 aromatic carbocycles. The Hall–Kier alpha value is -1.77. The largest absolute Gasteiger partial charge is 1.00 e. The van der Waals surface area contributed by atoms with Crippen molar-refractivity contribution in [2.24, 2.45) is 0 Å². The summed E-state index contributed by atoms with van der Waals surface area (Å²) in [4.78, 5) is 16.6. The van der Waals surface area contributed by atoms with E-state index in [9.17, 15) is 14.3 Å². The molecule has 1 fully saturated rings. The second-order valence-corrected chi connectivity index (χ2v) is 8.53. The number of hydrogen-bond acceptors (Lipinski definition) is 3. The Labute approximate surface area is 202 Å². The van der Waals surface area contributed by atoms with Crippen LogP contribution in [-0.2, 0) is 0 Å². The predicted octanol–water partition coefficient (Wildman–Crippen LogP) is 2.71. The van der Waals surface area contributed by atoms with Crippen molar-refractivity contribution in [3.63, 3.8) is 0 Å². The minimum absolute atomic E-state index is 0. The Kier molecular flexibility index (Phi) is 7.54. The third-order valence-electron chi connectivity index (χ3n) is 5.67. The first kappa shape index (κ1) is 23.9. The van der Waals surface area contributed by atoms with Gasteiger partial charge in [-0.3, -0.25) is 4.57 Å². The zero-order chi connectivity index (χ0) is 21.4. The van der Waals surface area contributed by atoms with Crippen LogP contribution in [0.4, 0.5) is 4.39 Å². The number of rotatable bonds is 4. The third-order valence-corrected chi connectivity index (χ3v) is 6.20. The molecule has 31 heavy (non-hydrogen) atoms. The smallest absolute Gasteiger partial charge is 0.543 e. The Morgan fingerprint density at radius 1 is 1.13 bits per heavy atom. The number of halogens is 3. The molecular formula is C23H20Cl2FLiN2O2. The molecule has 0 aliphatic heterocycles. The predicted molar refractivity (Wildman–Crippen MR) is 114 cm³/mol. The second kappa shape index (κ2) is 9.79. The van der Waals surface area contributed by atoms with Gasteiger partial charge in [0.05, 0.1) is 22.4 Å². The van der Waals surface area contributed by atoms with Crippen molar-refractivity contribution in [2.45, 2.75) is 44.9 Å². The van der Waals surface area contributed by atoms with Crippen LogP contribution < -0.4 is 24.0 Å². The van der Waals surface area contributed by atoms with Gasteiger partial charge in [-0.25, -0.2) is 9.37 Å². The number of benzene rings is 2. The van der Waals surface area contributed by atoms with Gasteiger partial charge in [-0.1, -0.05) is 48.5 Å². The Bertz CT molecular complexity index is 1130. The molecule has 0 bridgehead atoms. The summed E-state index contributed by atoms with van der Waals surface area (Å²) in [7, 11) is 0. The van der Waals surface area contributed by atoms with E-state index < -0.39 is 11.8 Å². The summed E-state index contributed by atoms with van der Waals surface area (Å²) in [5.74, 6) is -1.19. The first-order valence-electron chi connectivity index (χ1n) is 9.92. The van der Waals surface area contributed by atoms with Crippen LogP contribution in [0.15, 0.2) is 36.4 Å². The fourth-order valence-corrected chi connectivity index (χ4v) is 4.54. The van der Waals surface area contributed by atoms with Crippen LogP contribution in [0, 0.1) is 12.7 Å². The second-order valence-electron chi connectivity index (χ2n) is 7.68. The zero-order valence-corrected chi connectivity index (χ0v) is 18.9. The van der Waals surface area contributed by atoms with Gasteiger partial charge in [-0.15, -0.1) is 0 Å². The Morgan fingerprint density at radius 2 is 1.84 bits per heavy atom. The van der Waals surface area contributed by atoms with E-state index in [2.05, 4.69) is 4.98 Å². The van der Waals surface area contributed by atoms with E-state index in [-0.39, 0.29) is 35.5 Å².